The lowest BCUT2D eigenvalue weighted by molar-refractivity contribution is 0.140. The number of rotatable bonds is 5. The van der Waals surface area contributed by atoms with Gasteiger partial charge in [-0.3, -0.25) is 0 Å². The molecule has 2 aromatic heterocycles. The number of amides is 1. The first-order valence-corrected chi connectivity index (χ1v) is 9.64. The average molecular weight is 407 g/mol. The minimum Gasteiger partial charge on any atom is -0.443 e. The maximum Gasteiger partial charge on any atom is 0.407 e. The predicted octanol–water partition coefficient (Wildman–Crippen LogP) is 2.61. The number of carbonyl (C=O) groups excluding carboxylic acids is 1. The van der Waals surface area contributed by atoms with E-state index in [-0.39, 0.29) is 27.4 Å². The number of hydrogen-bond donors (Lipinski definition) is 1. The van der Waals surface area contributed by atoms with Crippen molar-refractivity contribution in [2.75, 3.05) is 7.05 Å². The Balaban J connectivity index is 2.12. The number of nitrogens with one attached hydrogen (secondary N) is 1. The largest absolute Gasteiger partial charge is 0.443 e. The van der Waals surface area contributed by atoms with Crippen molar-refractivity contribution in [3.63, 3.8) is 0 Å². The second-order valence-corrected chi connectivity index (χ2v) is 7.60. The summed E-state index contributed by atoms with van der Waals surface area (Å²) in [7, 11) is -2.48. The average Bonchev–Trinajstić information content (AvgIpc) is 3.12. The van der Waals surface area contributed by atoms with Crippen molar-refractivity contribution >= 4 is 27.5 Å². The molecular weight excluding hydrogens is 392 g/mol. The molecule has 0 fully saturated rings. The standard InChI is InChI=1S/C17H15ClN4O4S/c1-19-17(23)26-11-12-10-15(27(24,25)13-6-3-2-4-7-13)22(21-12)14-8-5-9-20-16(14)18/h2-10H,11H2,1H3,(H,19,23). The second kappa shape index (κ2) is 7.77. The fourth-order valence-corrected chi connectivity index (χ4v) is 3.93. The molecular formula is C17H15ClN4O4S. The number of carbonyl (C=O) groups is 1. The van der Waals surface area contributed by atoms with E-state index in [2.05, 4.69) is 15.4 Å². The van der Waals surface area contributed by atoms with Crippen molar-refractivity contribution in [3.8, 4) is 5.69 Å². The smallest absolute Gasteiger partial charge is 0.407 e. The van der Waals surface area contributed by atoms with Gasteiger partial charge in [-0.1, -0.05) is 29.8 Å². The predicted molar refractivity (Wildman–Crippen MR) is 97.5 cm³/mol. The van der Waals surface area contributed by atoms with Gasteiger partial charge in [0.2, 0.25) is 9.84 Å². The molecule has 8 nitrogen and oxygen atoms in total. The first-order valence-electron chi connectivity index (χ1n) is 7.78. The van der Waals surface area contributed by atoms with E-state index < -0.39 is 15.9 Å². The highest BCUT2D eigenvalue weighted by Crippen LogP contribution is 2.27. The molecule has 3 rings (SSSR count). The van der Waals surface area contributed by atoms with E-state index in [0.717, 1.165) is 0 Å². The molecule has 0 bridgehead atoms. The van der Waals surface area contributed by atoms with Crippen LogP contribution in [0.4, 0.5) is 4.79 Å². The molecule has 0 unspecified atom stereocenters. The van der Waals surface area contributed by atoms with E-state index in [0.29, 0.717) is 5.69 Å². The molecule has 0 radical (unpaired) electrons. The van der Waals surface area contributed by atoms with Crippen molar-refractivity contribution in [1.82, 2.24) is 20.1 Å². The van der Waals surface area contributed by atoms with Crippen LogP contribution in [0.2, 0.25) is 5.15 Å². The number of sulfone groups is 1. The van der Waals surface area contributed by atoms with Gasteiger partial charge in [0.25, 0.3) is 0 Å². The molecule has 0 aliphatic rings. The van der Waals surface area contributed by atoms with E-state index in [1.54, 1.807) is 30.3 Å². The van der Waals surface area contributed by atoms with Crippen LogP contribution < -0.4 is 5.32 Å². The molecule has 0 saturated heterocycles. The van der Waals surface area contributed by atoms with Crippen molar-refractivity contribution in [2.45, 2.75) is 16.5 Å². The van der Waals surface area contributed by atoms with Gasteiger partial charge in [-0.15, -0.1) is 0 Å². The van der Waals surface area contributed by atoms with E-state index in [4.69, 9.17) is 16.3 Å². The van der Waals surface area contributed by atoms with Gasteiger partial charge in [0.1, 0.15) is 18.0 Å². The zero-order chi connectivity index (χ0) is 19.4. The Hall–Kier alpha value is -2.91. The molecule has 27 heavy (non-hydrogen) atoms. The maximum absolute atomic E-state index is 13.1. The van der Waals surface area contributed by atoms with Crippen LogP contribution in [0.25, 0.3) is 5.69 Å². The zero-order valence-electron chi connectivity index (χ0n) is 14.2. The molecule has 10 heteroatoms. The van der Waals surface area contributed by atoms with E-state index >= 15 is 0 Å². The molecule has 1 amide bonds. The van der Waals surface area contributed by atoms with Crippen molar-refractivity contribution in [3.05, 3.63) is 65.6 Å². The van der Waals surface area contributed by atoms with Gasteiger partial charge in [0, 0.05) is 19.3 Å². The fraction of sp³-hybridized carbons (Fsp3) is 0.118. The number of ether oxygens (including phenoxy) is 1. The van der Waals surface area contributed by atoms with Gasteiger partial charge in [0.05, 0.1) is 4.90 Å². The lowest BCUT2D eigenvalue weighted by atomic mass is 10.4. The Kier molecular flexibility index (Phi) is 5.43. The molecule has 1 aromatic carbocycles. The molecule has 1 N–H and O–H groups in total. The van der Waals surface area contributed by atoms with Crippen LogP contribution in [0.5, 0.6) is 0 Å². The third-order valence-corrected chi connectivity index (χ3v) is 5.60. The molecule has 0 atom stereocenters. The highest BCUT2D eigenvalue weighted by molar-refractivity contribution is 7.91. The van der Waals surface area contributed by atoms with Crippen LogP contribution in [0.15, 0.2) is 64.6 Å². The third kappa shape index (κ3) is 3.93. The lowest BCUT2D eigenvalue weighted by Crippen LogP contribution is -2.19. The van der Waals surface area contributed by atoms with Crippen LogP contribution in [0.1, 0.15) is 5.69 Å². The highest BCUT2D eigenvalue weighted by atomic mass is 35.5. The minimum absolute atomic E-state index is 0.0869. The summed E-state index contributed by atoms with van der Waals surface area (Å²) in [5.74, 6) is 0. The first kappa shape index (κ1) is 18.9. The van der Waals surface area contributed by atoms with Crippen molar-refractivity contribution in [1.29, 1.82) is 0 Å². The number of pyridine rings is 1. The SMILES string of the molecule is CNC(=O)OCc1cc(S(=O)(=O)c2ccccc2)n(-c2cccnc2Cl)n1. The van der Waals surface area contributed by atoms with Gasteiger partial charge < -0.3 is 10.1 Å². The van der Waals surface area contributed by atoms with Crippen LogP contribution in [-0.4, -0.2) is 36.3 Å². The molecule has 0 spiro atoms. The summed E-state index contributed by atoms with van der Waals surface area (Å²) in [6, 6.07) is 12.5. The summed E-state index contributed by atoms with van der Waals surface area (Å²) in [5.41, 5.74) is 0.535. The van der Waals surface area contributed by atoms with E-state index in [9.17, 15) is 13.2 Å². The van der Waals surface area contributed by atoms with Gasteiger partial charge in [-0.2, -0.15) is 5.10 Å². The summed E-state index contributed by atoms with van der Waals surface area (Å²) in [4.78, 5) is 15.4. The molecule has 140 valence electrons. The number of alkyl carbamates (subject to hydrolysis) is 1. The Labute approximate surface area is 160 Å². The Morgan fingerprint density at radius 1 is 1.22 bits per heavy atom. The minimum atomic E-state index is -3.90. The summed E-state index contributed by atoms with van der Waals surface area (Å²) in [6.45, 7) is -0.206. The van der Waals surface area contributed by atoms with E-state index in [1.807, 2.05) is 0 Å². The fourth-order valence-electron chi connectivity index (χ4n) is 2.31. The lowest BCUT2D eigenvalue weighted by Gasteiger charge is -2.09. The third-order valence-electron chi connectivity index (χ3n) is 3.58. The topological polar surface area (TPSA) is 103 Å². The molecule has 2 heterocycles. The van der Waals surface area contributed by atoms with Gasteiger partial charge in [-0.25, -0.2) is 22.9 Å². The normalized spacial score (nSPS) is 11.2. The van der Waals surface area contributed by atoms with Crippen LogP contribution in [0, 0.1) is 0 Å². The summed E-state index contributed by atoms with van der Waals surface area (Å²) in [6.07, 6.45) is 0.826. The van der Waals surface area contributed by atoms with Crippen LogP contribution >= 0.6 is 11.6 Å². The molecule has 3 aromatic rings. The quantitative estimate of drug-likeness (QED) is 0.653. The molecule has 0 aliphatic carbocycles. The van der Waals surface area contributed by atoms with Gasteiger partial charge >= 0.3 is 6.09 Å². The zero-order valence-corrected chi connectivity index (χ0v) is 15.7. The van der Waals surface area contributed by atoms with Crippen molar-refractivity contribution in [2.24, 2.45) is 0 Å². The van der Waals surface area contributed by atoms with Gasteiger partial charge in [-0.05, 0) is 24.3 Å². The summed E-state index contributed by atoms with van der Waals surface area (Å²) < 4.78 is 32.3. The number of halogens is 1. The monoisotopic (exact) mass is 406 g/mol. The number of benzene rings is 1. The summed E-state index contributed by atoms with van der Waals surface area (Å²) >= 11 is 6.12. The van der Waals surface area contributed by atoms with Gasteiger partial charge in [0.15, 0.2) is 10.2 Å². The van der Waals surface area contributed by atoms with Crippen LogP contribution in [-0.2, 0) is 21.2 Å². The Morgan fingerprint density at radius 2 is 1.96 bits per heavy atom. The van der Waals surface area contributed by atoms with Crippen molar-refractivity contribution < 1.29 is 17.9 Å². The maximum atomic E-state index is 13.1. The second-order valence-electron chi connectivity index (χ2n) is 5.34. The Bertz CT molecular complexity index is 1070. The summed E-state index contributed by atoms with van der Waals surface area (Å²) in [5, 5.41) is 6.53. The molecule has 0 saturated carbocycles. The highest BCUT2D eigenvalue weighted by Gasteiger charge is 2.26. The van der Waals surface area contributed by atoms with Crippen LogP contribution in [0.3, 0.4) is 0 Å². The molecule has 0 aliphatic heterocycles. The number of aromatic nitrogens is 3. The first-order chi connectivity index (χ1) is 12.9. The number of nitrogens with zero attached hydrogens (tertiary/aromatic N) is 3. The van der Waals surface area contributed by atoms with E-state index in [1.165, 1.54) is 36.1 Å². The Morgan fingerprint density at radius 3 is 2.63 bits per heavy atom. The number of hydrogen-bond acceptors (Lipinski definition) is 6.